The summed E-state index contributed by atoms with van der Waals surface area (Å²) in [5.41, 5.74) is 0.533. The highest BCUT2D eigenvalue weighted by atomic mass is 19.1. The van der Waals surface area contributed by atoms with Crippen molar-refractivity contribution in [3.05, 3.63) is 42.0 Å². The van der Waals surface area contributed by atoms with Crippen molar-refractivity contribution in [3.63, 3.8) is 0 Å². The first-order valence-corrected chi connectivity index (χ1v) is 9.52. The van der Waals surface area contributed by atoms with E-state index in [1.54, 1.807) is 44.2 Å². The van der Waals surface area contributed by atoms with Gasteiger partial charge in [-0.05, 0) is 63.9 Å². The fraction of sp³-hybridized carbons (Fsp3) is 0.476. The Bertz CT molecular complexity index is 780. The van der Waals surface area contributed by atoms with Crippen molar-refractivity contribution in [1.29, 1.82) is 0 Å². The van der Waals surface area contributed by atoms with Crippen LogP contribution in [-0.4, -0.2) is 58.1 Å². The van der Waals surface area contributed by atoms with E-state index in [1.807, 2.05) is 6.07 Å². The van der Waals surface area contributed by atoms with Crippen LogP contribution in [0.1, 0.15) is 37.0 Å². The monoisotopic (exact) mass is 387 g/mol. The van der Waals surface area contributed by atoms with E-state index in [1.165, 1.54) is 0 Å². The molecule has 1 aliphatic rings. The van der Waals surface area contributed by atoms with Crippen LogP contribution in [0.5, 0.6) is 5.88 Å². The summed E-state index contributed by atoms with van der Waals surface area (Å²) in [5.74, 6) is -0.0529. The number of piperidine rings is 1. The van der Waals surface area contributed by atoms with Crippen LogP contribution in [-0.2, 0) is 0 Å². The third kappa shape index (κ3) is 5.73. The second-order valence-corrected chi connectivity index (χ2v) is 7.89. The zero-order valence-corrected chi connectivity index (χ0v) is 16.3. The molecule has 6 nitrogen and oxygen atoms in total. The lowest BCUT2D eigenvalue weighted by atomic mass is 9.97. The SMILES string of the molecule is CC(C)(F)CN1CCC(COc2ccc(-c3ccc(C(=O)O)cc3)nn2)CC1. The summed E-state index contributed by atoms with van der Waals surface area (Å²) in [4.78, 5) is 13.1. The first kappa shape index (κ1) is 20.2. The largest absolute Gasteiger partial charge is 0.478 e. The van der Waals surface area contributed by atoms with Crippen molar-refractivity contribution in [3.8, 4) is 17.1 Å². The Morgan fingerprint density at radius 1 is 1.18 bits per heavy atom. The molecule has 0 saturated carbocycles. The second-order valence-electron chi connectivity index (χ2n) is 7.89. The molecule has 0 aliphatic carbocycles. The molecule has 0 bridgehead atoms. The molecular formula is C21H26FN3O3. The molecule has 1 aromatic heterocycles. The lowest BCUT2D eigenvalue weighted by Gasteiger charge is -2.34. The van der Waals surface area contributed by atoms with Crippen molar-refractivity contribution in [2.45, 2.75) is 32.4 Å². The number of aromatic carboxylic acids is 1. The summed E-state index contributed by atoms with van der Waals surface area (Å²) in [7, 11) is 0. The van der Waals surface area contributed by atoms with Gasteiger partial charge in [0.1, 0.15) is 5.67 Å². The highest BCUT2D eigenvalue weighted by molar-refractivity contribution is 5.88. The zero-order valence-electron chi connectivity index (χ0n) is 16.3. The van der Waals surface area contributed by atoms with E-state index in [2.05, 4.69) is 15.1 Å². The second kappa shape index (κ2) is 8.65. The van der Waals surface area contributed by atoms with E-state index in [9.17, 15) is 9.18 Å². The number of nitrogens with zero attached hydrogens (tertiary/aromatic N) is 3. The molecule has 2 heterocycles. The van der Waals surface area contributed by atoms with Gasteiger partial charge < -0.3 is 14.7 Å². The summed E-state index contributed by atoms with van der Waals surface area (Å²) < 4.78 is 19.5. The Labute approximate surface area is 164 Å². The third-order valence-electron chi connectivity index (χ3n) is 4.84. The van der Waals surface area contributed by atoms with Gasteiger partial charge in [0.15, 0.2) is 0 Å². The molecule has 2 aromatic rings. The van der Waals surface area contributed by atoms with Gasteiger partial charge in [0.2, 0.25) is 5.88 Å². The minimum atomic E-state index is -1.16. The van der Waals surface area contributed by atoms with Gasteiger partial charge in [0.25, 0.3) is 0 Å². The number of hydrogen-bond acceptors (Lipinski definition) is 5. The molecule has 1 aliphatic heterocycles. The maximum absolute atomic E-state index is 13.7. The van der Waals surface area contributed by atoms with Crippen LogP contribution in [0.4, 0.5) is 4.39 Å². The number of carboxylic acids is 1. The normalized spacial score (nSPS) is 16.1. The lowest BCUT2D eigenvalue weighted by Crippen LogP contribution is -2.41. The van der Waals surface area contributed by atoms with Crippen LogP contribution in [0.15, 0.2) is 36.4 Å². The van der Waals surface area contributed by atoms with Crippen LogP contribution >= 0.6 is 0 Å². The van der Waals surface area contributed by atoms with Crippen LogP contribution in [0.25, 0.3) is 11.3 Å². The molecule has 28 heavy (non-hydrogen) atoms. The molecule has 7 heteroatoms. The fourth-order valence-corrected chi connectivity index (χ4v) is 3.38. The van der Waals surface area contributed by atoms with Gasteiger partial charge in [-0.15, -0.1) is 10.2 Å². The van der Waals surface area contributed by atoms with E-state index < -0.39 is 11.6 Å². The number of halogens is 1. The molecule has 150 valence electrons. The number of aromatic nitrogens is 2. The molecule has 1 N–H and O–H groups in total. The van der Waals surface area contributed by atoms with Crippen LogP contribution in [0, 0.1) is 5.92 Å². The van der Waals surface area contributed by atoms with Crippen LogP contribution < -0.4 is 4.74 Å². The Hall–Kier alpha value is -2.54. The number of alkyl halides is 1. The van der Waals surface area contributed by atoms with Gasteiger partial charge in [-0.1, -0.05) is 12.1 Å². The number of benzene rings is 1. The van der Waals surface area contributed by atoms with E-state index in [0.717, 1.165) is 31.5 Å². The molecule has 3 rings (SSSR count). The first-order valence-electron chi connectivity index (χ1n) is 9.52. The number of ether oxygens (including phenoxy) is 1. The summed E-state index contributed by atoms with van der Waals surface area (Å²) in [6.45, 7) is 6.06. The van der Waals surface area contributed by atoms with E-state index >= 15 is 0 Å². The molecular weight excluding hydrogens is 361 g/mol. The molecule has 0 amide bonds. The first-order chi connectivity index (χ1) is 13.3. The number of likely N-dealkylation sites (tertiary alicyclic amines) is 1. The van der Waals surface area contributed by atoms with Gasteiger partial charge in [0.05, 0.1) is 17.9 Å². The molecule has 0 spiro atoms. The maximum Gasteiger partial charge on any atom is 0.335 e. The Kier molecular flexibility index (Phi) is 6.24. The Balaban J connectivity index is 1.48. The minimum absolute atomic E-state index is 0.234. The number of hydrogen-bond donors (Lipinski definition) is 1. The highest BCUT2D eigenvalue weighted by Gasteiger charge is 2.25. The maximum atomic E-state index is 13.7. The smallest absolute Gasteiger partial charge is 0.335 e. The van der Waals surface area contributed by atoms with Crippen LogP contribution in [0.2, 0.25) is 0 Å². The Morgan fingerprint density at radius 2 is 1.86 bits per heavy atom. The van der Waals surface area contributed by atoms with Gasteiger partial charge in [0, 0.05) is 18.2 Å². The van der Waals surface area contributed by atoms with E-state index in [0.29, 0.717) is 30.6 Å². The predicted octanol–water partition coefficient (Wildman–Crippen LogP) is 3.68. The van der Waals surface area contributed by atoms with Crippen molar-refractivity contribution < 1.29 is 19.0 Å². The number of carbonyl (C=O) groups is 1. The molecule has 1 saturated heterocycles. The molecule has 0 unspecified atom stereocenters. The van der Waals surface area contributed by atoms with Crippen LogP contribution in [0.3, 0.4) is 0 Å². The molecule has 1 aromatic carbocycles. The summed E-state index contributed by atoms with van der Waals surface area (Å²) in [6.07, 6.45) is 1.97. The van der Waals surface area contributed by atoms with Gasteiger partial charge >= 0.3 is 5.97 Å². The standard InChI is InChI=1S/C21H26FN3O3/c1-21(2,22)14-25-11-9-15(10-12-25)13-28-19-8-7-18(23-24-19)16-3-5-17(6-4-16)20(26)27/h3-8,15H,9-14H2,1-2H3,(H,26,27). The quantitative estimate of drug-likeness (QED) is 0.781. The average Bonchev–Trinajstić information content (AvgIpc) is 2.67. The Morgan fingerprint density at radius 3 is 2.39 bits per heavy atom. The van der Waals surface area contributed by atoms with Crippen molar-refractivity contribution in [2.75, 3.05) is 26.2 Å². The van der Waals surface area contributed by atoms with Crippen molar-refractivity contribution >= 4 is 5.97 Å². The zero-order chi connectivity index (χ0) is 20.1. The number of rotatable bonds is 7. The van der Waals surface area contributed by atoms with Gasteiger partial charge in [-0.25, -0.2) is 9.18 Å². The van der Waals surface area contributed by atoms with Crippen molar-refractivity contribution in [1.82, 2.24) is 15.1 Å². The highest BCUT2D eigenvalue weighted by Crippen LogP contribution is 2.22. The summed E-state index contributed by atoms with van der Waals surface area (Å²) in [5, 5.41) is 17.2. The predicted molar refractivity (Wildman–Crippen MR) is 104 cm³/mol. The lowest BCUT2D eigenvalue weighted by molar-refractivity contribution is 0.0696. The van der Waals surface area contributed by atoms with Crippen molar-refractivity contribution in [2.24, 2.45) is 5.92 Å². The molecule has 0 radical (unpaired) electrons. The number of carboxylic acid groups (broad SMARTS) is 1. The molecule has 1 fully saturated rings. The molecule has 0 atom stereocenters. The summed E-state index contributed by atoms with van der Waals surface area (Å²) >= 11 is 0. The minimum Gasteiger partial charge on any atom is -0.478 e. The average molecular weight is 387 g/mol. The topological polar surface area (TPSA) is 75.5 Å². The summed E-state index contributed by atoms with van der Waals surface area (Å²) in [6, 6.07) is 10.1. The van der Waals surface area contributed by atoms with Gasteiger partial charge in [-0.2, -0.15) is 0 Å². The van der Waals surface area contributed by atoms with Gasteiger partial charge in [-0.3, -0.25) is 0 Å². The van der Waals surface area contributed by atoms with E-state index in [4.69, 9.17) is 9.84 Å². The van der Waals surface area contributed by atoms with E-state index in [-0.39, 0.29) is 5.56 Å². The third-order valence-corrected chi connectivity index (χ3v) is 4.84. The fourth-order valence-electron chi connectivity index (χ4n) is 3.38.